The Morgan fingerprint density at radius 1 is 1.26 bits per heavy atom. The number of fused-ring (bicyclic) bond motifs is 2. The van der Waals surface area contributed by atoms with E-state index in [4.69, 9.17) is 5.11 Å². The van der Waals surface area contributed by atoms with Gasteiger partial charge in [0.15, 0.2) is 0 Å². The van der Waals surface area contributed by atoms with Crippen molar-refractivity contribution in [1.82, 2.24) is 14.8 Å². The Kier molecular flexibility index (Phi) is 3.67. The Morgan fingerprint density at radius 2 is 1.96 bits per heavy atom. The number of carbonyl (C=O) groups is 2. The molecule has 3 aliphatic rings. The number of carbonyl (C=O) groups excluding carboxylic acids is 2. The first-order valence-corrected chi connectivity index (χ1v) is 7.61. The normalized spacial score (nSPS) is 27.3. The predicted octanol–water partition coefficient (Wildman–Crippen LogP) is -0.878. The van der Waals surface area contributed by atoms with Crippen molar-refractivity contribution < 1.29 is 19.3 Å². The topological polar surface area (TPSA) is 91.8 Å². The van der Waals surface area contributed by atoms with Gasteiger partial charge >= 0.3 is 12.0 Å². The zero-order chi connectivity index (χ0) is 16.9. The minimum Gasteiger partial charge on any atom is -0.396 e. The molecule has 0 bridgehead atoms. The van der Waals surface area contributed by atoms with Crippen LogP contribution in [-0.4, -0.2) is 93.3 Å². The number of hydrazone groups is 1. The second-order valence-corrected chi connectivity index (χ2v) is 5.94. The number of rotatable bonds is 3. The fourth-order valence-corrected chi connectivity index (χ4v) is 3.03. The summed E-state index contributed by atoms with van der Waals surface area (Å²) in [4.78, 5) is 31.8. The van der Waals surface area contributed by atoms with E-state index in [9.17, 15) is 9.59 Å². The third kappa shape index (κ3) is 2.14. The SMILES string of the molecule is CC1=NN(CCCO)C2=[N+](C1C)C1C(=O)N(C)C(=O)N(C)C1=N2. The maximum Gasteiger partial charge on any atom is 0.416 e. The summed E-state index contributed by atoms with van der Waals surface area (Å²) in [6.45, 7) is 4.41. The summed E-state index contributed by atoms with van der Waals surface area (Å²) in [5.41, 5.74) is 0.859. The Balaban J connectivity index is 2.05. The Hall–Kier alpha value is -2.29. The van der Waals surface area contributed by atoms with Crippen LogP contribution in [0.3, 0.4) is 0 Å². The molecule has 0 spiro atoms. The standard InChI is InChI=1S/C14H21N6O3/c1-8-9(2)20-10-11(17(3)14(23)18(4)12(10)22)15-13(20)19(16-8)6-5-7-21/h9-10,21H,5-7H2,1-4H3/q+1. The largest absolute Gasteiger partial charge is 0.416 e. The van der Waals surface area contributed by atoms with Crippen LogP contribution in [-0.2, 0) is 4.79 Å². The number of hydrogen-bond acceptors (Lipinski definition) is 6. The highest BCUT2D eigenvalue weighted by molar-refractivity contribution is 6.23. The first-order chi connectivity index (χ1) is 10.9. The average Bonchev–Trinajstić information content (AvgIpc) is 2.94. The number of hydrogen-bond donors (Lipinski definition) is 1. The maximum absolute atomic E-state index is 12.6. The molecule has 0 saturated carbocycles. The number of likely N-dealkylation sites (N-methyl/N-ethyl adjacent to an activating group) is 2. The van der Waals surface area contributed by atoms with Crippen LogP contribution in [0.25, 0.3) is 0 Å². The molecule has 1 fully saturated rings. The molecule has 0 aliphatic carbocycles. The summed E-state index contributed by atoms with van der Waals surface area (Å²) in [5, 5.41) is 15.3. The highest BCUT2D eigenvalue weighted by Gasteiger charge is 2.55. The number of amides is 3. The van der Waals surface area contributed by atoms with E-state index in [1.54, 1.807) is 12.1 Å². The van der Waals surface area contributed by atoms with E-state index in [-0.39, 0.29) is 18.6 Å². The predicted molar refractivity (Wildman–Crippen MR) is 83.4 cm³/mol. The average molecular weight is 321 g/mol. The van der Waals surface area contributed by atoms with Gasteiger partial charge in [-0.1, -0.05) is 4.99 Å². The molecule has 0 aromatic rings. The van der Waals surface area contributed by atoms with E-state index in [1.807, 2.05) is 18.4 Å². The van der Waals surface area contributed by atoms with Gasteiger partial charge in [-0.05, 0) is 13.8 Å². The number of amidine groups is 1. The van der Waals surface area contributed by atoms with Crippen LogP contribution in [0.4, 0.5) is 4.79 Å². The number of nitrogens with zero attached hydrogens (tertiary/aromatic N) is 6. The van der Waals surface area contributed by atoms with Gasteiger partial charge < -0.3 is 5.11 Å². The highest BCUT2D eigenvalue weighted by Crippen LogP contribution is 2.24. The van der Waals surface area contributed by atoms with Crippen molar-refractivity contribution in [3.8, 4) is 0 Å². The van der Waals surface area contributed by atoms with Gasteiger partial charge in [0, 0.05) is 27.1 Å². The summed E-state index contributed by atoms with van der Waals surface area (Å²) < 4.78 is 1.90. The third-order valence-electron chi connectivity index (χ3n) is 4.51. The van der Waals surface area contributed by atoms with Crippen molar-refractivity contribution in [2.75, 3.05) is 27.2 Å². The molecule has 0 radical (unpaired) electrons. The van der Waals surface area contributed by atoms with Gasteiger partial charge in [-0.2, -0.15) is 0 Å². The lowest BCUT2D eigenvalue weighted by Crippen LogP contribution is -2.63. The van der Waals surface area contributed by atoms with Crippen LogP contribution < -0.4 is 0 Å². The number of aliphatic hydroxyl groups excluding tert-OH is 1. The fraction of sp³-hybridized carbons (Fsp3) is 0.643. The maximum atomic E-state index is 12.6. The Labute approximate surface area is 134 Å². The molecule has 9 nitrogen and oxygen atoms in total. The molecule has 2 atom stereocenters. The first-order valence-electron chi connectivity index (χ1n) is 7.61. The lowest BCUT2D eigenvalue weighted by molar-refractivity contribution is -0.559. The molecule has 3 aliphatic heterocycles. The minimum atomic E-state index is -0.616. The van der Waals surface area contributed by atoms with Gasteiger partial charge in [-0.25, -0.2) is 9.37 Å². The molecule has 3 amide bonds. The van der Waals surface area contributed by atoms with Crippen molar-refractivity contribution in [3.05, 3.63) is 0 Å². The zero-order valence-electron chi connectivity index (χ0n) is 13.7. The van der Waals surface area contributed by atoms with Crippen LogP contribution in [0.15, 0.2) is 10.1 Å². The van der Waals surface area contributed by atoms with Gasteiger partial charge in [0.1, 0.15) is 6.04 Å². The molecular weight excluding hydrogens is 300 g/mol. The first kappa shape index (κ1) is 15.6. The van der Waals surface area contributed by atoms with Crippen molar-refractivity contribution in [1.29, 1.82) is 0 Å². The second kappa shape index (κ2) is 5.41. The molecule has 3 heterocycles. The molecule has 3 rings (SSSR count). The second-order valence-electron chi connectivity index (χ2n) is 5.94. The summed E-state index contributed by atoms with van der Waals surface area (Å²) in [5.74, 6) is 0.698. The van der Waals surface area contributed by atoms with E-state index < -0.39 is 12.1 Å². The number of aliphatic imine (C=N–C) groups is 1. The molecule has 9 heteroatoms. The van der Waals surface area contributed by atoms with Gasteiger partial charge in [0.05, 0.1) is 12.3 Å². The van der Waals surface area contributed by atoms with Gasteiger partial charge in [-0.15, -0.1) is 10.1 Å². The van der Waals surface area contributed by atoms with E-state index in [0.29, 0.717) is 24.8 Å². The molecular formula is C14H21N6O3+. The smallest absolute Gasteiger partial charge is 0.396 e. The summed E-state index contributed by atoms with van der Waals surface area (Å²) >= 11 is 0. The van der Waals surface area contributed by atoms with Gasteiger partial charge in [0.25, 0.3) is 5.91 Å². The fourth-order valence-electron chi connectivity index (χ4n) is 3.03. The molecule has 1 saturated heterocycles. The van der Waals surface area contributed by atoms with E-state index in [2.05, 4.69) is 10.1 Å². The highest BCUT2D eigenvalue weighted by atomic mass is 16.3. The summed E-state index contributed by atoms with van der Waals surface area (Å²) in [6.07, 6.45) is 0.542. The van der Waals surface area contributed by atoms with Crippen molar-refractivity contribution in [2.24, 2.45) is 10.1 Å². The molecule has 0 aromatic carbocycles. The molecule has 0 aromatic heterocycles. The molecule has 124 valence electrons. The van der Waals surface area contributed by atoms with Crippen molar-refractivity contribution >= 4 is 29.4 Å². The summed E-state index contributed by atoms with van der Waals surface area (Å²) in [6, 6.07) is -1.10. The molecule has 2 unspecified atom stereocenters. The van der Waals surface area contributed by atoms with Crippen molar-refractivity contribution in [3.63, 3.8) is 0 Å². The minimum absolute atomic E-state index is 0.0496. The third-order valence-corrected chi connectivity index (χ3v) is 4.51. The van der Waals surface area contributed by atoms with Crippen LogP contribution in [0.1, 0.15) is 20.3 Å². The monoisotopic (exact) mass is 321 g/mol. The van der Waals surface area contributed by atoms with Gasteiger partial charge in [0.2, 0.25) is 11.9 Å². The Bertz CT molecular complexity index is 667. The van der Waals surface area contributed by atoms with Crippen LogP contribution in [0.5, 0.6) is 0 Å². The number of urea groups is 1. The van der Waals surface area contributed by atoms with Gasteiger partial charge in [-0.3, -0.25) is 14.6 Å². The summed E-state index contributed by atoms with van der Waals surface area (Å²) in [7, 11) is 3.10. The number of aliphatic hydroxyl groups is 1. The van der Waals surface area contributed by atoms with Crippen LogP contribution in [0, 0.1) is 0 Å². The van der Waals surface area contributed by atoms with Crippen LogP contribution >= 0.6 is 0 Å². The lowest BCUT2D eigenvalue weighted by Gasteiger charge is -2.33. The van der Waals surface area contributed by atoms with E-state index in [0.717, 1.165) is 10.6 Å². The molecule has 23 heavy (non-hydrogen) atoms. The van der Waals surface area contributed by atoms with Crippen molar-refractivity contribution in [2.45, 2.75) is 32.4 Å². The number of imide groups is 1. The lowest BCUT2D eigenvalue weighted by atomic mass is 10.1. The zero-order valence-corrected chi connectivity index (χ0v) is 13.7. The quantitative estimate of drug-likeness (QED) is 0.684. The number of guanidine groups is 1. The Morgan fingerprint density at radius 3 is 2.61 bits per heavy atom. The van der Waals surface area contributed by atoms with E-state index in [1.165, 1.54) is 11.9 Å². The van der Waals surface area contributed by atoms with Crippen LogP contribution in [0.2, 0.25) is 0 Å². The molecule has 1 N–H and O–H groups in total. The van der Waals surface area contributed by atoms with E-state index >= 15 is 0 Å².